The molecule has 0 bridgehead atoms. The molecule has 0 N–H and O–H groups in total. The van der Waals surface area contributed by atoms with Crippen LogP contribution in [0.25, 0.3) is 120 Å². The van der Waals surface area contributed by atoms with Gasteiger partial charge in [0.1, 0.15) is 11.5 Å². The molecule has 0 aliphatic rings. The molecule has 0 saturated carbocycles. The maximum absolute atomic E-state index is 6.12. The fourth-order valence-corrected chi connectivity index (χ4v) is 10.1. The van der Waals surface area contributed by atoms with Gasteiger partial charge in [-0.3, -0.25) is 0 Å². The molecule has 0 saturated heterocycles. The quantitative estimate of drug-likeness (QED) is 0.149. The number of fused-ring (bicyclic) bond motifs is 8. The van der Waals surface area contributed by atoms with Gasteiger partial charge < -0.3 is 9.47 Å². The molecule has 0 atom stereocenters. The van der Waals surface area contributed by atoms with Crippen LogP contribution >= 0.6 is 0 Å². The normalized spacial score (nSPS) is 11.6. The van der Waals surface area contributed by atoms with Crippen LogP contribution in [0.15, 0.2) is 218 Å². The third kappa shape index (κ3) is 6.18. The van der Waals surface area contributed by atoms with Crippen molar-refractivity contribution in [3.05, 3.63) is 218 Å². The van der Waals surface area contributed by atoms with E-state index in [2.05, 4.69) is 218 Å². The van der Waals surface area contributed by atoms with E-state index in [9.17, 15) is 0 Å². The van der Waals surface area contributed by atoms with Crippen molar-refractivity contribution in [2.45, 2.75) is 0 Å². The second-order valence-electron chi connectivity index (χ2n) is 16.7. The molecule has 0 aromatic heterocycles. The zero-order chi connectivity index (χ0) is 42.7. The Morgan fingerprint density at radius 3 is 0.969 bits per heavy atom. The zero-order valence-corrected chi connectivity index (χ0v) is 35.6. The number of rotatable bonds is 7. The second-order valence-corrected chi connectivity index (χ2v) is 16.7. The van der Waals surface area contributed by atoms with Crippen molar-refractivity contribution >= 4 is 64.6 Å². The van der Waals surface area contributed by atoms with E-state index in [1.165, 1.54) is 76.5 Å². The predicted molar refractivity (Wildman–Crippen MR) is 272 cm³/mol. The van der Waals surface area contributed by atoms with Gasteiger partial charge in [0.15, 0.2) is 0 Å². The second kappa shape index (κ2) is 15.3. The Morgan fingerprint density at radius 2 is 0.562 bits per heavy atom. The van der Waals surface area contributed by atoms with Crippen molar-refractivity contribution in [3.63, 3.8) is 0 Å². The van der Waals surface area contributed by atoms with Crippen LogP contribution in [-0.4, -0.2) is 14.2 Å². The van der Waals surface area contributed by atoms with Crippen LogP contribution in [0.3, 0.4) is 0 Å². The average molecular weight is 819 g/mol. The maximum atomic E-state index is 6.12. The monoisotopic (exact) mass is 818 g/mol. The van der Waals surface area contributed by atoms with Gasteiger partial charge in [0.05, 0.1) is 14.2 Å². The maximum Gasteiger partial charge on any atom is 0.127 e. The summed E-state index contributed by atoms with van der Waals surface area (Å²) in [6, 6.07) is 79.4. The smallest absolute Gasteiger partial charge is 0.127 e. The molecule has 302 valence electrons. The molecule has 2 nitrogen and oxygen atoms in total. The van der Waals surface area contributed by atoms with Gasteiger partial charge in [-0.25, -0.2) is 0 Å². The van der Waals surface area contributed by atoms with Crippen molar-refractivity contribution in [1.29, 1.82) is 0 Å². The molecule has 0 spiro atoms. The highest BCUT2D eigenvalue weighted by Gasteiger charge is 2.20. The molecular formula is C62H42O2. The predicted octanol–water partition coefficient (Wildman–Crippen LogP) is 17.0. The van der Waals surface area contributed by atoms with E-state index in [0.29, 0.717) is 0 Å². The van der Waals surface area contributed by atoms with E-state index in [1.54, 1.807) is 14.2 Å². The number of hydrogen-bond donors (Lipinski definition) is 0. The first-order chi connectivity index (χ1) is 31.6. The van der Waals surface area contributed by atoms with Crippen molar-refractivity contribution in [2.75, 3.05) is 14.2 Å². The van der Waals surface area contributed by atoms with Gasteiger partial charge in [0.25, 0.3) is 0 Å². The van der Waals surface area contributed by atoms with Gasteiger partial charge in [-0.1, -0.05) is 182 Å². The minimum atomic E-state index is 0.805. The summed E-state index contributed by atoms with van der Waals surface area (Å²) in [5.41, 5.74) is 11.6. The lowest BCUT2D eigenvalue weighted by atomic mass is 9.89. The van der Waals surface area contributed by atoms with E-state index in [1.807, 2.05) is 0 Å². The van der Waals surface area contributed by atoms with E-state index in [-0.39, 0.29) is 0 Å². The first kappa shape index (κ1) is 37.6. The third-order valence-corrected chi connectivity index (χ3v) is 13.2. The highest BCUT2D eigenvalue weighted by Crippen LogP contribution is 2.47. The van der Waals surface area contributed by atoms with E-state index >= 15 is 0 Å². The molecule has 0 radical (unpaired) electrons. The Kier molecular flexibility index (Phi) is 8.98. The molecule has 0 amide bonds. The Bertz CT molecular complexity index is 3540. The molecule has 12 aromatic carbocycles. The fourth-order valence-electron chi connectivity index (χ4n) is 10.1. The first-order valence-corrected chi connectivity index (χ1v) is 21.9. The minimum Gasteiger partial charge on any atom is -0.496 e. The van der Waals surface area contributed by atoms with Gasteiger partial charge in [-0.15, -0.1) is 0 Å². The van der Waals surface area contributed by atoms with Crippen molar-refractivity contribution in [3.8, 4) is 67.1 Å². The van der Waals surface area contributed by atoms with Gasteiger partial charge >= 0.3 is 0 Å². The molecule has 0 fully saturated rings. The largest absolute Gasteiger partial charge is 0.496 e. The van der Waals surface area contributed by atoms with Crippen molar-refractivity contribution < 1.29 is 9.47 Å². The van der Waals surface area contributed by atoms with Crippen molar-refractivity contribution in [1.82, 2.24) is 0 Å². The van der Waals surface area contributed by atoms with Gasteiger partial charge in [-0.05, 0) is 146 Å². The summed E-state index contributed by atoms with van der Waals surface area (Å²) in [7, 11) is 3.50. The van der Waals surface area contributed by atoms with E-state index < -0.39 is 0 Å². The summed E-state index contributed by atoms with van der Waals surface area (Å²) >= 11 is 0. The third-order valence-electron chi connectivity index (χ3n) is 13.2. The fraction of sp³-hybridized carbons (Fsp3) is 0.0323. The first-order valence-electron chi connectivity index (χ1n) is 21.9. The summed E-state index contributed by atoms with van der Waals surface area (Å²) in [4.78, 5) is 0. The highest BCUT2D eigenvalue weighted by molar-refractivity contribution is 6.15. The Morgan fingerprint density at radius 1 is 0.234 bits per heavy atom. The number of hydrogen-bond acceptors (Lipinski definition) is 2. The zero-order valence-electron chi connectivity index (χ0n) is 35.6. The molecule has 0 aliphatic heterocycles. The van der Waals surface area contributed by atoms with Crippen molar-refractivity contribution in [2.24, 2.45) is 0 Å². The SMILES string of the molecule is COc1ccc2cc(-c3ccc(-c4cc5ccccc5c5ccccc45)cc3)ccc2c1-c1c(OC)ccc2cc(-c3ccc(-c4cc5ccccc5c5ccccc45)cc3)ccc12. The van der Waals surface area contributed by atoms with Crippen LogP contribution in [0.4, 0.5) is 0 Å². The summed E-state index contributed by atoms with van der Waals surface area (Å²) in [5.74, 6) is 1.61. The standard InChI is InChI=1S/C62H42O2/c1-63-59-33-29-47-35-43(39-19-23-41(24-20-39)57-37-45-11-3-5-13-49(45)53-15-7-9-17-55(53)57)27-31-51(47)61(59)62-52-32-28-44(36-48(52)30-34-60(62)64-2)40-21-25-42(26-22-40)58-38-46-12-4-6-14-50(46)54-16-8-10-18-56(54)58/h3-38H,1-2H3. The van der Waals surface area contributed by atoms with E-state index in [4.69, 9.17) is 9.47 Å². The van der Waals surface area contributed by atoms with Crippen LogP contribution in [-0.2, 0) is 0 Å². The summed E-state index contributed by atoms with van der Waals surface area (Å²) < 4.78 is 12.2. The van der Waals surface area contributed by atoms with Crippen LogP contribution < -0.4 is 9.47 Å². The Labute approximate surface area is 372 Å². The molecular weight excluding hydrogens is 777 g/mol. The summed E-state index contributed by atoms with van der Waals surface area (Å²) in [5, 5.41) is 14.6. The molecule has 2 heteroatoms. The molecule has 64 heavy (non-hydrogen) atoms. The lowest BCUT2D eigenvalue weighted by Crippen LogP contribution is -1.95. The topological polar surface area (TPSA) is 18.5 Å². The lowest BCUT2D eigenvalue weighted by molar-refractivity contribution is 0.411. The van der Waals surface area contributed by atoms with E-state index in [0.717, 1.165) is 55.3 Å². The minimum absolute atomic E-state index is 0.805. The van der Waals surface area contributed by atoms with Gasteiger partial charge in [0, 0.05) is 11.1 Å². The Hall–Kier alpha value is -8.20. The highest BCUT2D eigenvalue weighted by atomic mass is 16.5. The molecule has 0 unspecified atom stereocenters. The van der Waals surface area contributed by atoms with Gasteiger partial charge in [0.2, 0.25) is 0 Å². The molecule has 12 rings (SSSR count). The van der Waals surface area contributed by atoms with Gasteiger partial charge in [-0.2, -0.15) is 0 Å². The van der Waals surface area contributed by atoms with Crippen LogP contribution in [0.1, 0.15) is 0 Å². The van der Waals surface area contributed by atoms with Crippen LogP contribution in [0.2, 0.25) is 0 Å². The molecule has 0 aliphatic carbocycles. The summed E-state index contributed by atoms with van der Waals surface area (Å²) in [6.45, 7) is 0. The average Bonchev–Trinajstić information content (AvgIpc) is 3.37. The molecule has 0 heterocycles. The Balaban J connectivity index is 0.905. The van der Waals surface area contributed by atoms with Crippen LogP contribution in [0, 0.1) is 0 Å². The van der Waals surface area contributed by atoms with Crippen LogP contribution in [0.5, 0.6) is 11.5 Å². The summed E-state index contributed by atoms with van der Waals surface area (Å²) in [6.07, 6.45) is 0. The number of ether oxygens (including phenoxy) is 2. The number of benzene rings is 12. The lowest BCUT2D eigenvalue weighted by Gasteiger charge is -2.19. The number of methoxy groups -OCH3 is 2. The molecule has 12 aromatic rings.